The van der Waals surface area contributed by atoms with Crippen molar-refractivity contribution in [1.29, 1.82) is 0 Å². The van der Waals surface area contributed by atoms with E-state index in [1.807, 2.05) is 0 Å². The summed E-state index contributed by atoms with van der Waals surface area (Å²) in [6.07, 6.45) is 6.26. The summed E-state index contributed by atoms with van der Waals surface area (Å²) < 4.78 is 6.20. The minimum absolute atomic E-state index is 0.552. The molecule has 0 aromatic heterocycles. The van der Waals surface area contributed by atoms with Crippen LogP contribution < -0.4 is 0 Å². The van der Waals surface area contributed by atoms with Crippen molar-refractivity contribution >= 4 is 0 Å². The fraction of sp³-hybridized carbons (Fsp3) is 1.00. The first kappa shape index (κ1) is 11.0. The van der Waals surface area contributed by atoms with E-state index in [1.54, 1.807) is 0 Å². The van der Waals surface area contributed by atoms with E-state index in [0.717, 1.165) is 0 Å². The molecule has 1 spiro atoms. The Morgan fingerprint density at radius 2 is 1.56 bits per heavy atom. The van der Waals surface area contributed by atoms with Crippen molar-refractivity contribution in [1.82, 2.24) is 9.80 Å². The molecule has 0 unspecified atom stereocenters. The summed E-state index contributed by atoms with van der Waals surface area (Å²) in [7, 11) is 4.43. The van der Waals surface area contributed by atoms with Gasteiger partial charge in [0, 0.05) is 31.6 Å². The number of hydrogen-bond donors (Lipinski definition) is 0. The van der Waals surface area contributed by atoms with Gasteiger partial charge in [0.05, 0.1) is 12.2 Å². The second-order valence-electron chi connectivity index (χ2n) is 6.34. The van der Waals surface area contributed by atoms with Gasteiger partial charge < -0.3 is 14.5 Å². The van der Waals surface area contributed by atoms with Crippen LogP contribution in [0.5, 0.6) is 0 Å². The molecule has 3 fully saturated rings. The van der Waals surface area contributed by atoms with Crippen molar-refractivity contribution in [2.24, 2.45) is 5.41 Å². The van der Waals surface area contributed by atoms with E-state index in [1.165, 1.54) is 51.9 Å². The molecule has 0 N–H and O–H groups in total. The van der Waals surface area contributed by atoms with Gasteiger partial charge in [-0.25, -0.2) is 0 Å². The van der Waals surface area contributed by atoms with Crippen LogP contribution >= 0.6 is 0 Å². The van der Waals surface area contributed by atoms with Crippen molar-refractivity contribution in [2.45, 2.75) is 37.9 Å². The zero-order valence-electron chi connectivity index (χ0n) is 10.6. The summed E-state index contributed by atoms with van der Waals surface area (Å²) in [5, 5.41) is 0. The Morgan fingerprint density at radius 3 is 2.12 bits per heavy atom. The van der Waals surface area contributed by atoms with Crippen LogP contribution in [-0.4, -0.2) is 62.3 Å². The third kappa shape index (κ3) is 2.01. The van der Waals surface area contributed by atoms with Crippen LogP contribution in [0.15, 0.2) is 0 Å². The van der Waals surface area contributed by atoms with Crippen LogP contribution in [0.4, 0.5) is 0 Å². The Morgan fingerprint density at radius 1 is 0.938 bits per heavy atom. The number of rotatable bonds is 2. The molecule has 0 aromatic rings. The predicted molar refractivity (Wildman–Crippen MR) is 64.6 cm³/mol. The molecule has 16 heavy (non-hydrogen) atoms. The predicted octanol–water partition coefficient (Wildman–Crippen LogP) is 1.19. The van der Waals surface area contributed by atoms with E-state index in [-0.39, 0.29) is 0 Å². The third-order valence-corrected chi connectivity index (χ3v) is 4.58. The van der Waals surface area contributed by atoms with Crippen molar-refractivity contribution in [2.75, 3.05) is 40.3 Å². The highest BCUT2D eigenvalue weighted by molar-refractivity contribution is 5.04. The SMILES string of the molecule is CN1CCC(OC2CC3(C2)CN(C)C3)CC1. The largest absolute Gasteiger partial charge is 0.375 e. The maximum atomic E-state index is 6.20. The normalized spacial score (nSPS) is 32.6. The van der Waals surface area contributed by atoms with Gasteiger partial charge >= 0.3 is 0 Å². The van der Waals surface area contributed by atoms with Crippen molar-refractivity contribution in [3.8, 4) is 0 Å². The second kappa shape index (κ2) is 3.97. The molecule has 3 heteroatoms. The average molecular weight is 224 g/mol. The van der Waals surface area contributed by atoms with E-state index < -0.39 is 0 Å². The molecule has 0 radical (unpaired) electrons. The van der Waals surface area contributed by atoms with Gasteiger partial charge in [-0.1, -0.05) is 0 Å². The molecule has 1 saturated carbocycles. The van der Waals surface area contributed by atoms with Gasteiger partial charge in [0.25, 0.3) is 0 Å². The molecule has 1 aliphatic carbocycles. The summed E-state index contributed by atoms with van der Waals surface area (Å²) in [6.45, 7) is 5.04. The van der Waals surface area contributed by atoms with E-state index in [0.29, 0.717) is 17.6 Å². The first-order chi connectivity index (χ1) is 7.65. The highest BCUT2D eigenvalue weighted by atomic mass is 16.5. The first-order valence-corrected chi connectivity index (χ1v) is 6.68. The zero-order valence-corrected chi connectivity index (χ0v) is 10.6. The Balaban J connectivity index is 1.38. The van der Waals surface area contributed by atoms with Crippen LogP contribution in [0.3, 0.4) is 0 Å². The first-order valence-electron chi connectivity index (χ1n) is 6.68. The summed E-state index contributed by atoms with van der Waals surface area (Å²) in [5.74, 6) is 0. The van der Waals surface area contributed by atoms with Crippen molar-refractivity contribution in [3.05, 3.63) is 0 Å². The maximum absolute atomic E-state index is 6.20. The highest BCUT2D eigenvalue weighted by Gasteiger charge is 2.51. The molecule has 0 atom stereocenters. The molecule has 2 saturated heterocycles. The Hall–Kier alpha value is -0.120. The smallest absolute Gasteiger partial charge is 0.0603 e. The average Bonchev–Trinajstić information content (AvgIpc) is 2.16. The van der Waals surface area contributed by atoms with Crippen LogP contribution in [0.25, 0.3) is 0 Å². The van der Waals surface area contributed by atoms with Crippen LogP contribution in [0.2, 0.25) is 0 Å². The van der Waals surface area contributed by atoms with Gasteiger partial charge in [-0.15, -0.1) is 0 Å². The summed E-state index contributed by atoms with van der Waals surface area (Å²) in [4.78, 5) is 4.83. The van der Waals surface area contributed by atoms with Gasteiger partial charge in [-0.05, 0) is 39.8 Å². The van der Waals surface area contributed by atoms with E-state index in [9.17, 15) is 0 Å². The Labute approximate surface area is 98.7 Å². The van der Waals surface area contributed by atoms with Gasteiger partial charge in [-0.3, -0.25) is 0 Å². The number of ether oxygens (including phenoxy) is 1. The number of likely N-dealkylation sites (tertiary alicyclic amines) is 2. The molecule has 0 amide bonds. The fourth-order valence-electron chi connectivity index (χ4n) is 3.75. The standard InChI is InChI=1S/C13H24N2O/c1-14-5-3-11(4-6-14)16-12-7-13(8-12)9-15(2)10-13/h11-12H,3-10H2,1-2H3. The van der Waals surface area contributed by atoms with Gasteiger partial charge in [0.2, 0.25) is 0 Å². The quantitative estimate of drug-likeness (QED) is 0.701. The summed E-state index contributed by atoms with van der Waals surface area (Å²) >= 11 is 0. The molecule has 3 aliphatic rings. The van der Waals surface area contributed by atoms with Gasteiger partial charge in [0.15, 0.2) is 0 Å². The number of nitrogens with zero attached hydrogens (tertiary/aromatic N) is 2. The fourth-order valence-corrected chi connectivity index (χ4v) is 3.75. The third-order valence-electron chi connectivity index (χ3n) is 4.58. The second-order valence-corrected chi connectivity index (χ2v) is 6.34. The molecule has 3 nitrogen and oxygen atoms in total. The maximum Gasteiger partial charge on any atom is 0.0603 e. The van der Waals surface area contributed by atoms with Gasteiger partial charge in [0.1, 0.15) is 0 Å². The Bertz CT molecular complexity index is 247. The lowest BCUT2D eigenvalue weighted by Crippen LogP contribution is -2.63. The van der Waals surface area contributed by atoms with E-state index in [2.05, 4.69) is 23.9 Å². The minimum Gasteiger partial charge on any atom is -0.375 e. The molecule has 2 heterocycles. The molecule has 2 aliphatic heterocycles. The minimum atomic E-state index is 0.552. The topological polar surface area (TPSA) is 15.7 Å². The van der Waals surface area contributed by atoms with Crippen molar-refractivity contribution in [3.63, 3.8) is 0 Å². The highest BCUT2D eigenvalue weighted by Crippen LogP contribution is 2.49. The number of hydrogen-bond acceptors (Lipinski definition) is 3. The lowest BCUT2D eigenvalue weighted by molar-refractivity contribution is -0.169. The monoisotopic (exact) mass is 224 g/mol. The molecule has 3 rings (SSSR count). The van der Waals surface area contributed by atoms with Crippen LogP contribution in [-0.2, 0) is 4.74 Å². The van der Waals surface area contributed by atoms with Gasteiger partial charge in [-0.2, -0.15) is 0 Å². The number of piperidine rings is 1. The Kier molecular flexibility index (Phi) is 2.73. The van der Waals surface area contributed by atoms with Crippen LogP contribution in [0.1, 0.15) is 25.7 Å². The molecular formula is C13H24N2O. The lowest BCUT2D eigenvalue weighted by atomic mass is 9.62. The van der Waals surface area contributed by atoms with E-state index >= 15 is 0 Å². The summed E-state index contributed by atoms with van der Waals surface area (Å²) in [5.41, 5.74) is 0.672. The molecule has 0 bridgehead atoms. The summed E-state index contributed by atoms with van der Waals surface area (Å²) in [6, 6.07) is 0. The molecule has 0 aromatic carbocycles. The zero-order chi connectivity index (χ0) is 11.2. The van der Waals surface area contributed by atoms with Crippen molar-refractivity contribution < 1.29 is 4.74 Å². The van der Waals surface area contributed by atoms with E-state index in [4.69, 9.17) is 4.74 Å². The molecule has 92 valence electrons. The lowest BCUT2D eigenvalue weighted by Gasteiger charge is -2.58. The van der Waals surface area contributed by atoms with Crippen LogP contribution in [0, 0.1) is 5.41 Å². The molecular weight excluding hydrogens is 200 g/mol.